The molecule has 5 heteroatoms. The first kappa shape index (κ1) is 13.2. The summed E-state index contributed by atoms with van der Waals surface area (Å²) in [6.07, 6.45) is 3.15. The Morgan fingerprint density at radius 3 is 2.53 bits per heavy atom. The normalized spacial score (nSPS) is 9.95. The number of pyridine rings is 1. The Morgan fingerprint density at radius 1 is 1.21 bits per heavy atom. The molecule has 19 heavy (non-hydrogen) atoms. The molecule has 0 aliphatic carbocycles. The lowest BCUT2D eigenvalue weighted by molar-refractivity contribution is 0.102. The van der Waals surface area contributed by atoms with Gasteiger partial charge in [-0.15, -0.1) is 0 Å². The maximum absolute atomic E-state index is 12.0. The van der Waals surface area contributed by atoms with Gasteiger partial charge < -0.3 is 11.1 Å². The molecule has 0 atom stereocenters. The number of thiocarbonyl (C=S) groups is 1. The van der Waals surface area contributed by atoms with Crippen molar-refractivity contribution in [2.75, 3.05) is 5.32 Å². The van der Waals surface area contributed by atoms with Crippen molar-refractivity contribution in [2.24, 2.45) is 5.73 Å². The van der Waals surface area contributed by atoms with Crippen LogP contribution in [0.1, 0.15) is 21.5 Å². The Labute approximate surface area is 116 Å². The van der Waals surface area contributed by atoms with E-state index in [0.29, 0.717) is 16.2 Å². The molecule has 1 heterocycles. The average molecular weight is 271 g/mol. The first-order valence-corrected chi connectivity index (χ1v) is 6.10. The third kappa shape index (κ3) is 3.14. The van der Waals surface area contributed by atoms with E-state index >= 15 is 0 Å². The minimum atomic E-state index is -0.189. The third-order valence-electron chi connectivity index (χ3n) is 2.71. The van der Waals surface area contributed by atoms with Crippen LogP contribution in [0.15, 0.2) is 42.7 Å². The van der Waals surface area contributed by atoms with Gasteiger partial charge in [0.15, 0.2) is 0 Å². The van der Waals surface area contributed by atoms with Crippen LogP contribution in [0.5, 0.6) is 0 Å². The zero-order valence-corrected chi connectivity index (χ0v) is 11.2. The predicted octanol–water partition coefficient (Wildman–Crippen LogP) is 2.28. The van der Waals surface area contributed by atoms with Crippen LogP contribution >= 0.6 is 12.2 Å². The lowest BCUT2D eigenvalue weighted by atomic mass is 10.1. The van der Waals surface area contributed by atoms with Gasteiger partial charge in [0.25, 0.3) is 5.91 Å². The molecule has 1 aromatic heterocycles. The van der Waals surface area contributed by atoms with Crippen molar-refractivity contribution in [3.05, 3.63) is 59.4 Å². The minimum Gasteiger partial charge on any atom is -0.389 e. The third-order valence-corrected chi connectivity index (χ3v) is 2.95. The highest BCUT2D eigenvalue weighted by Gasteiger charge is 2.08. The van der Waals surface area contributed by atoms with Crippen LogP contribution in [0.25, 0.3) is 0 Å². The number of aromatic nitrogens is 1. The highest BCUT2D eigenvalue weighted by molar-refractivity contribution is 7.80. The monoisotopic (exact) mass is 271 g/mol. The summed E-state index contributed by atoms with van der Waals surface area (Å²) in [5.74, 6) is -0.189. The average Bonchev–Trinajstić information content (AvgIpc) is 2.42. The number of nitrogens with one attached hydrogen (secondary N) is 1. The standard InChI is InChI=1S/C14H13N3OS/c1-9-2-3-11(13(15)19)8-12(9)17-14(18)10-4-6-16-7-5-10/h2-8H,1H3,(H2,15,19)(H,17,18). The fraction of sp³-hybridized carbons (Fsp3) is 0.0714. The molecule has 4 nitrogen and oxygen atoms in total. The van der Waals surface area contributed by atoms with E-state index in [9.17, 15) is 4.79 Å². The Balaban J connectivity index is 2.26. The summed E-state index contributed by atoms with van der Waals surface area (Å²) >= 11 is 4.93. The molecule has 0 aliphatic heterocycles. The zero-order chi connectivity index (χ0) is 13.8. The molecule has 2 aromatic rings. The summed E-state index contributed by atoms with van der Waals surface area (Å²) in [5.41, 5.74) is 8.51. The topological polar surface area (TPSA) is 68.0 Å². The Hall–Kier alpha value is -2.27. The number of benzene rings is 1. The van der Waals surface area contributed by atoms with E-state index in [1.165, 1.54) is 0 Å². The van der Waals surface area contributed by atoms with Gasteiger partial charge in [0.2, 0.25) is 0 Å². The Morgan fingerprint density at radius 2 is 1.89 bits per heavy atom. The molecule has 0 aliphatic rings. The molecule has 0 unspecified atom stereocenters. The first-order chi connectivity index (χ1) is 9.08. The quantitative estimate of drug-likeness (QED) is 0.840. The van der Waals surface area contributed by atoms with Crippen LogP contribution in [-0.4, -0.2) is 15.9 Å². The number of carbonyl (C=O) groups is 1. The van der Waals surface area contributed by atoms with Gasteiger partial charge in [-0.1, -0.05) is 24.4 Å². The second-order valence-electron chi connectivity index (χ2n) is 4.08. The van der Waals surface area contributed by atoms with Crippen molar-refractivity contribution in [2.45, 2.75) is 6.92 Å². The van der Waals surface area contributed by atoms with Gasteiger partial charge in [0.05, 0.1) is 0 Å². The van der Waals surface area contributed by atoms with Crippen molar-refractivity contribution < 1.29 is 4.79 Å². The fourth-order valence-electron chi connectivity index (χ4n) is 1.61. The smallest absolute Gasteiger partial charge is 0.255 e. The van der Waals surface area contributed by atoms with Crippen LogP contribution in [0, 0.1) is 6.92 Å². The molecule has 2 rings (SSSR count). The number of hydrogen-bond donors (Lipinski definition) is 2. The number of rotatable bonds is 3. The SMILES string of the molecule is Cc1ccc(C(N)=S)cc1NC(=O)c1ccncc1. The molecule has 1 amide bonds. The van der Waals surface area contributed by atoms with E-state index in [-0.39, 0.29) is 5.91 Å². The van der Waals surface area contributed by atoms with Crippen LogP contribution in [-0.2, 0) is 0 Å². The van der Waals surface area contributed by atoms with E-state index in [2.05, 4.69) is 10.3 Å². The summed E-state index contributed by atoms with van der Waals surface area (Å²) in [7, 11) is 0. The highest BCUT2D eigenvalue weighted by Crippen LogP contribution is 2.17. The molecule has 0 saturated carbocycles. The van der Waals surface area contributed by atoms with Gasteiger partial charge in [-0.25, -0.2) is 0 Å². The summed E-state index contributed by atoms with van der Waals surface area (Å²) in [6.45, 7) is 1.91. The number of carbonyl (C=O) groups excluding carboxylic acids is 1. The molecule has 0 radical (unpaired) electrons. The van der Waals surface area contributed by atoms with Crippen molar-refractivity contribution in [1.29, 1.82) is 0 Å². The maximum atomic E-state index is 12.0. The Bertz CT molecular complexity index is 626. The van der Waals surface area contributed by atoms with Crippen molar-refractivity contribution in [3.63, 3.8) is 0 Å². The van der Waals surface area contributed by atoms with Crippen molar-refractivity contribution in [1.82, 2.24) is 4.98 Å². The number of amides is 1. The van der Waals surface area contributed by atoms with Crippen LogP contribution in [0.4, 0.5) is 5.69 Å². The number of nitrogens with two attached hydrogens (primary N) is 1. The van der Waals surface area contributed by atoms with Gasteiger partial charge in [0.1, 0.15) is 4.99 Å². The summed E-state index contributed by atoms with van der Waals surface area (Å²) in [5, 5.41) is 2.84. The molecule has 0 spiro atoms. The van der Waals surface area contributed by atoms with Crippen molar-refractivity contribution >= 4 is 28.8 Å². The predicted molar refractivity (Wildman–Crippen MR) is 79.3 cm³/mol. The van der Waals surface area contributed by atoms with Gasteiger partial charge in [-0.3, -0.25) is 9.78 Å². The summed E-state index contributed by atoms with van der Waals surface area (Å²) in [4.78, 5) is 16.2. The van der Waals surface area contributed by atoms with Gasteiger partial charge in [-0.05, 0) is 30.7 Å². The molecule has 0 fully saturated rings. The molecule has 3 N–H and O–H groups in total. The van der Waals surface area contributed by atoms with Gasteiger partial charge >= 0.3 is 0 Å². The van der Waals surface area contributed by atoms with E-state index < -0.39 is 0 Å². The van der Waals surface area contributed by atoms with Gasteiger partial charge in [0, 0.05) is 29.2 Å². The van der Waals surface area contributed by atoms with E-state index in [4.69, 9.17) is 18.0 Å². The summed E-state index contributed by atoms with van der Waals surface area (Å²) in [6, 6.07) is 8.79. The lowest BCUT2D eigenvalue weighted by Gasteiger charge is -2.10. The van der Waals surface area contributed by atoms with Crippen LogP contribution in [0.2, 0.25) is 0 Å². The Kier molecular flexibility index (Phi) is 3.87. The molecule has 1 aromatic carbocycles. The number of hydrogen-bond acceptors (Lipinski definition) is 3. The number of aryl methyl sites for hydroxylation is 1. The number of nitrogens with zero attached hydrogens (tertiary/aromatic N) is 1. The molecule has 0 bridgehead atoms. The van der Waals surface area contributed by atoms with Crippen molar-refractivity contribution in [3.8, 4) is 0 Å². The first-order valence-electron chi connectivity index (χ1n) is 5.70. The number of anilines is 1. The second-order valence-corrected chi connectivity index (χ2v) is 4.52. The van der Waals surface area contributed by atoms with E-state index in [0.717, 1.165) is 11.1 Å². The van der Waals surface area contributed by atoms with E-state index in [1.54, 1.807) is 30.6 Å². The molecule has 0 saturated heterocycles. The van der Waals surface area contributed by atoms with Crippen LogP contribution in [0.3, 0.4) is 0 Å². The van der Waals surface area contributed by atoms with Gasteiger partial charge in [-0.2, -0.15) is 0 Å². The maximum Gasteiger partial charge on any atom is 0.255 e. The highest BCUT2D eigenvalue weighted by atomic mass is 32.1. The zero-order valence-electron chi connectivity index (χ0n) is 10.4. The minimum absolute atomic E-state index is 0.189. The molecular formula is C14H13N3OS. The van der Waals surface area contributed by atoms with Crippen LogP contribution < -0.4 is 11.1 Å². The fourth-order valence-corrected chi connectivity index (χ4v) is 1.73. The second kappa shape index (κ2) is 5.58. The summed E-state index contributed by atoms with van der Waals surface area (Å²) < 4.78 is 0. The molecule has 96 valence electrons. The van der Waals surface area contributed by atoms with E-state index in [1.807, 2.05) is 19.1 Å². The lowest BCUT2D eigenvalue weighted by Crippen LogP contribution is -2.14. The largest absolute Gasteiger partial charge is 0.389 e. The molecular weight excluding hydrogens is 258 g/mol.